The predicted octanol–water partition coefficient (Wildman–Crippen LogP) is 5.00. The fraction of sp³-hybridized carbons (Fsp3) is 0.278. The summed E-state index contributed by atoms with van der Waals surface area (Å²) in [7, 11) is 0. The number of aryl methyl sites for hydroxylation is 3. The Bertz CT molecular complexity index is 667. The molecule has 0 aliphatic heterocycles. The van der Waals surface area contributed by atoms with Crippen LogP contribution in [-0.4, -0.2) is 12.4 Å². The molecule has 2 aromatic carbocycles. The number of ketones is 1. The quantitative estimate of drug-likeness (QED) is 0.727. The molecule has 0 aromatic heterocycles. The van der Waals surface area contributed by atoms with E-state index < -0.39 is 0 Å². The normalized spacial score (nSPS) is 10.5. The lowest BCUT2D eigenvalue weighted by Crippen LogP contribution is -2.08. The molecule has 2 aromatic rings. The smallest absolute Gasteiger partial charge is 0.194 e. The number of hydrogen-bond acceptors (Lipinski definition) is 2. The Balaban J connectivity index is 2.46. The molecule has 0 bridgehead atoms. The molecule has 0 amide bonds. The first-order valence-electron chi connectivity index (χ1n) is 6.99. The summed E-state index contributed by atoms with van der Waals surface area (Å²) in [6, 6.07) is 9.58. The molecule has 0 aliphatic carbocycles. The zero-order chi connectivity index (χ0) is 15.6. The molecule has 0 heterocycles. The van der Waals surface area contributed by atoms with Crippen LogP contribution in [0.1, 0.15) is 39.5 Å². The summed E-state index contributed by atoms with van der Waals surface area (Å²) in [5, 5.41) is 0. The van der Waals surface area contributed by atoms with E-state index >= 15 is 0 Å². The minimum absolute atomic E-state index is 0.0416. The Morgan fingerprint density at radius 2 is 1.71 bits per heavy atom. The maximum atomic E-state index is 12.8. The van der Waals surface area contributed by atoms with Crippen molar-refractivity contribution < 1.29 is 9.53 Å². The first-order chi connectivity index (χ1) is 9.93. The molecular weight excluding hydrogens is 328 g/mol. The standard InChI is InChI=1S/C18H19BrO2/c1-5-21-14-6-7-15(16(19)10-14)18(20)17-12(3)8-11(2)9-13(17)4/h6-10H,5H2,1-4H3. The van der Waals surface area contributed by atoms with Gasteiger partial charge in [0.1, 0.15) is 5.75 Å². The first kappa shape index (κ1) is 15.8. The van der Waals surface area contributed by atoms with Crippen LogP contribution in [0.2, 0.25) is 0 Å². The second-order valence-electron chi connectivity index (χ2n) is 5.18. The minimum atomic E-state index is 0.0416. The molecule has 21 heavy (non-hydrogen) atoms. The second-order valence-corrected chi connectivity index (χ2v) is 6.03. The van der Waals surface area contributed by atoms with E-state index in [1.54, 1.807) is 0 Å². The van der Waals surface area contributed by atoms with Crippen molar-refractivity contribution in [3.63, 3.8) is 0 Å². The van der Waals surface area contributed by atoms with Crippen LogP contribution in [0.15, 0.2) is 34.8 Å². The van der Waals surface area contributed by atoms with Gasteiger partial charge in [-0.1, -0.05) is 17.7 Å². The zero-order valence-corrected chi connectivity index (χ0v) is 14.4. The molecule has 0 saturated heterocycles. The van der Waals surface area contributed by atoms with Gasteiger partial charge < -0.3 is 4.74 Å². The maximum Gasteiger partial charge on any atom is 0.194 e. The Kier molecular flexibility index (Phi) is 4.84. The number of carbonyl (C=O) groups is 1. The average Bonchev–Trinajstić information content (AvgIpc) is 2.37. The van der Waals surface area contributed by atoms with Gasteiger partial charge in [0.05, 0.1) is 6.61 Å². The van der Waals surface area contributed by atoms with Crippen LogP contribution in [0.5, 0.6) is 5.75 Å². The second kappa shape index (κ2) is 6.44. The number of halogens is 1. The zero-order valence-electron chi connectivity index (χ0n) is 12.8. The van der Waals surface area contributed by atoms with Crippen molar-refractivity contribution in [3.8, 4) is 5.75 Å². The molecule has 110 valence electrons. The Labute approximate surface area is 134 Å². The van der Waals surface area contributed by atoms with Gasteiger partial charge in [-0.05, 0) is 73.0 Å². The number of benzene rings is 2. The van der Waals surface area contributed by atoms with Gasteiger partial charge in [0.15, 0.2) is 5.78 Å². The van der Waals surface area contributed by atoms with E-state index in [-0.39, 0.29) is 5.78 Å². The monoisotopic (exact) mass is 346 g/mol. The van der Waals surface area contributed by atoms with Crippen molar-refractivity contribution in [2.75, 3.05) is 6.61 Å². The lowest BCUT2D eigenvalue weighted by molar-refractivity contribution is 0.103. The summed E-state index contributed by atoms with van der Waals surface area (Å²) >= 11 is 3.48. The van der Waals surface area contributed by atoms with Gasteiger partial charge in [-0.15, -0.1) is 0 Å². The first-order valence-corrected chi connectivity index (χ1v) is 7.78. The predicted molar refractivity (Wildman–Crippen MR) is 89.4 cm³/mol. The van der Waals surface area contributed by atoms with E-state index in [0.717, 1.165) is 26.9 Å². The van der Waals surface area contributed by atoms with E-state index in [1.165, 1.54) is 5.56 Å². The van der Waals surface area contributed by atoms with Crippen LogP contribution in [-0.2, 0) is 0 Å². The van der Waals surface area contributed by atoms with E-state index in [1.807, 2.05) is 58.0 Å². The highest BCUT2D eigenvalue weighted by atomic mass is 79.9. The van der Waals surface area contributed by atoms with E-state index in [2.05, 4.69) is 15.9 Å². The summed E-state index contributed by atoms with van der Waals surface area (Å²) in [6.45, 7) is 8.55. The summed E-state index contributed by atoms with van der Waals surface area (Å²) in [5.41, 5.74) is 4.64. The maximum absolute atomic E-state index is 12.8. The van der Waals surface area contributed by atoms with Gasteiger partial charge in [-0.2, -0.15) is 0 Å². The molecule has 2 rings (SSSR count). The van der Waals surface area contributed by atoms with Gasteiger partial charge >= 0.3 is 0 Å². The van der Waals surface area contributed by atoms with Gasteiger partial charge in [0, 0.05) is 15.6 Å². The fourth-order valence-electron chi connectivity index (χ4n) is 2.61. The van der Waals surface area contributed by atoms with E-state index in [0.29, 0.717) is 12.2 Å². The molecule has 3 heteroatoms. The Hall–Kier alpha value is -1.61. The number of hydrogen-bond donors (Lipinski definition) is 0. The number of carbonyl (C=O) groups excluding carboxylic acids is 1. The van der Waals surface area contributed by atoms with Crippen LogP contribution < -0.4 is 4.74 Å². The minimum Gasteiger partial charge on any atom is -0.494 e. The SMILES string of the molecule is CCOc1ccc(C(=O)c2c(C)cc(C)cc2C)c(Br)c1. The Morgan fingerprint density at radius 3 is 2.24 bits per heavy atom. The molecule has 0 fully saturated rings. The summed E-state index contributed by atoms with van der Waals surface area (Å²) in [5.74, 6) is 0.804. The molecule has 0 unspecified atom stereocenters. The Morgan fingerprint density at radius 1 is 1.10 bits per heavy atom. The van der Waals surface area contributed by atoms with Crippen molar-refractivity contribution in [2.45, 2.75) is 27.7 Å². The highest BCUT2D eigenvalue weighted by molar-refractivity contribution is 9.10. The van der Waals surface area contributed by atoms with Crippen LogP contribution >= 0.6 is 15.9 Å². The van der Waals surface area contributed by atoms with Crippen LogP contribution in [0.3, 0.4) is 0 Å². The van der Waals surface area contributed by atoms with E-state index in [4.69, 9.17) is 4.74 Å². The van der Waals surface area contributed by atoms with Crippen molar-refractivity contribution in [1.82, 2.24) is 0 Å². The van der Waals surface area contributed by atoms with Crippen molar-refractivity contribution in [3.05, 3.63) is 62.6 Å². The van der Waals surface area contributed by atoms with Gasteiger partial charge in [0.2, 0.25) is 0 Å². The average molecular weight is 347 g/mol. The third-order valence-electron chi connectivity index (χ3n) is 3.40. The van der Waals surface area contributed by atoms with E-state index in [9.17, 15) is 4.79 Å². The van der Waals surface area contributed by atoms with Crippen LogP contribution in [0.25, 0.3) is 0 Å². The summed E-state index contributed by atoms with van der Waals surface area (Å²) in [4.78, 5) is 12.8. The van der Waals surface area contributed by atoms with Crippen molar-refractivity contribution >= 4 is 21.7 Å². The summed E-state index contributed by atoms with van der Waals surface area (Å²) < 4.78 is 6.21. The molecule has 0 saturated carbocycles. The van der Waals surface area contributed by atoms with Crippen LogP contribution in [0, 0.1) is 20.8 Å². The molecule has 0 N–H and O–H groups in total. The molecule has 0 aliphatic rings. The van der Waals surface area contributed by atoms with Gasteiger partial charge in [0.25, 0.3) is 0 Å². The molecular formula is C18H19BrO2. The molecule has 0 atom stereocenters. The van der Waals surface area contributed by atoms with Crippen molar-refractivity contribution in [2.24, 2.45) is 0 Å². The number of ether oxygens (including phenoxy) is 1. The topological polar surface area (TPSA) is 26.3 Å². The lowest BCUT2D eigenvalue weighted by Gasteiger charge is -2.12. The van der Waals surface area contributed by atoms with Gasteiger partial charge in [-0.3, -0.25) is 4.79 Å². The third-order valence-corrected chi connectivity index (χ3v) is 4.06. The van der Waals surface area contributed by atoms with Gasteiger partial charge in [-0.25, -0.2) is 0 Å². The third kappa shape index (κ3) is 3.35. The number of rotatable bonds is 4. The van der Waals surface area contributed by atoms with Crippen LogP contribution in [0.4, 0.5) is 0 Å². The molecule has 2 nitrogen and oxygen atoms in total. The molecule has 0 radical (unpaired) electrons. The highest BCUT2D eigenvalue weighted by Crippen LogP contribution is 2.27. The fourth-order valence-corrected chi connectivity index (χ4v) is 3.15. The largest absolute Gasteiger partial charge is 0.494 e. The molecule has 0 spiro atoms. The lowest BCUT2D eigenvalue weighted by atomic mass is 9.93. The highest BCUT2D eigenvalue weighted by Gasteiger charge is 2.17. The van der Waals surface area contributed by atoms with Crippen molar-refractivity contribution in [1.29, 1.82) is 0 Å². The summed E-state index contributed by atoms with van der Waals surface area (Å²) in [6.07, 6.45) is 0.